The molecule has 6 heterocycles. The van der Waals surface area contributed by atoms with Gasteiger partial charge in [0.1, 0.15) is 17.6 Å². The van der Waals surface area contributed by atoms with E-state index >= 15 is 0 Å². The van der Waals surface area contributed by atoms with Crippen LogP contribution in [-0.4, -0.2) is 49.5 Å². The van der Waals surface area contributed by atoms with Crippen molar-refractivity contribution in [2.45, 2.75) is 100 Å². The first-order chi connectivity index (χ1) is 13.5. The van der Waals surface area contributed by atoms with Gasteiger partial charge in [-0.2, -0.15) is 0 Å². The summed E-state index contributed by atoms with van der Waals surface area (Å²) in [5.74, 6) is -0.189. The lowest BCUT2D eigenvalue weighted by molar-refractivity contribution is -0.151. The van der Waals surface area contributed by atoms with Crippen LogP contribution in [-0.2, 0) is 18.8 Å². The van der Waals surface area contributed by atoms with Crippen molar-refractivity contribution >= 4 is 20.1 Å². The maximum absolute atomic E-state index is 13.9. The molecule has 9 aliphatic rings. The fraction of sp³-hybridized carbons (Fsp3) is 0.818. The number of hydrogen-bond donors (Lipinski definition) is 2. The van der Waals surface area contributed by atoms with Crippen molar-refractivity contribution in [1.82, 2.24) is 10.6 Å². The number of carbonyl (C=O) groups is 2. The van der Waals surface area contributed by atoms with Crippen LogP contribution in [0, 0.1) is 11.3 Å². The first-order valence-corrected chi connectivity index (χ1v) is 14.1. The first kappa shape index (κ1) is 18.6. The highest BCUT2D eigenvalue weighted by Gasteiger charge is 2.82. The van der Waals surface area contributed by atoms with E-state index < -0.39 is 24.8 Å². The average Bonchev–Trinajstić information content (AvgIpc) is 3.20. The summed E-state index contributed by atoms with van der Waals surface area (Å²) in [5.41, 5.74) is -0.847. The van der Waals surface area contributed by atoms with Crippen LogP contribution >= 0.6 is 0 Å². The molecule has 158 valence electrons. The standard InChI is InChI=1S/C22H32N2O4Si/c1-19(2,3)29(4,5)28-13-8-10-22-16-15(27-16)14(17(25)23-22)21-9-6-7-12(21)11-20(13,22)18(26)24-21/h11,13-16H,6-10H2,1-5H3,(H,23,25)(H,24,26)/t13-,14+,15+,16+,20-,21+,22+/m0/s1. The molecule has 2 N–H and O–H groups in total. The monoisotopic (exact) mass is 416 g/mol. The maximum atomic E-state index is 13.9. The summed E-state index contributed by atoms with van der Waals surface area (Å²) >= 11 is 0. The minimum atomic E-state index is -2.11. The molecule has 0 radical (unpaired) electrons. The zero-order valence-electron chi connectivity index (χ0n) is 18.1. The van der Waals surface area contributed by atoms with Gasteiger partial charge in [0.05, 0.1) is 23.1 Å². The lowest BCUT2D eigenvalue weighted by Crippen LogP contribution is -2.80. The number of amides is 2. The van der Waals surface area contributed by atoms with Crippen LogP contribution in [0.15, 0.2) is 11.6 Å². The second-order valence-electron chi connectivity index (χ2n) is 11.7. The molecule has 7 atom stereocenters. The van der Waals surface area contributed by atoms with E-state index in [2.05, 4.69) is 50.6 Å². The van der Waals surface area contributed by atoms with Gasteiger partial charge in [-0.15, -0.1) is 0 Å². The number of epoxide rings is 1. The highest BCUT2D eigenvalue weighted by molar-refractivity contribution is 6.74. The fourth-order valence-electron chi connectivity index (χ4n) is 7.04. The molecule has 29 heavy (non-hydrogen) atoms. The second-order valence-corrected chi connectivity index (χ2v) is 16.4. The molecule has 2 amide bonds. The van der Waals surface area contributed by atoms with E-state index in [1.165, 1.54) is 5.57 Å². The summed E-state index contributed by atoms with van der Waals surface area (Å²) in [4.78, 5) is 27.3. The van der Waals surface area contributed by atoms with E-state index in [0.717, 1.165) is 32.1 Å². The lowest BCUT2D eigenvalue weighted by Gasteiger charge is -2.58. The molecule has 3 aliphatic carbocycles. The zero-order chi connectivity index (χ0) is 20.6. The van der Waals surface area contributed by atoms with Crippen LogP contribution in [0.1, 0.15) is 52.9 Å². The zero-order valence-corrected chi connectivity index (χ0v) is 19.1. The van der Waals surface area contributed by atoms with Crippen LogP contribution in [0.4, 0.5) is 0 Å². The lowest BCUT2D eigenvalue weighted by atomic mass is 9.55. The molecule has 2 saturated carbocycles. The van der Waals surface area contributed by atoms with Crippen LogP contribution < -0.4 is 10.6 Å². The predicted molar refractivity (Wildman–Crippen MR) is 110 cm³/mol. The summed E-state index contributed by atoms with van der Waals surface area (Å²) in [6.07, 6.45) is 6.17. The van der Waals surface area contributed by atoms with Crippen LogP contribution in [0.5, 0.6) is 0 Å². The Bertz CT molecular complexity index is 879. The molecule has 0 aromatic heterocycles. The molecule has 3 spiro atoms. The molecule has 6 aliphatic heterocycles. The van der Waals surface area contributed by atoms with Crippen molar-refractivity contribution in [3.8, 4) is 0 Å². The van der Waals surface area contributed by atoms with Crippen molar-refractivity contribution in [2.75, 3.05) is 0 Å². The molecule has 7 heteroatoms. The van der Waals surface area contributed by atoms with Gasteiger partial charge >= 0.3 is 0 Å². The van der Waals surface area contributed by atoms with Crippen molar-refractivity contribution in [1.29, 1.82) is 0 Å². The van der Waals surface area contributed by atoms with E-state index in [0.29, 0.717) is 0 Å². The van der Waals surface area contributed by atoms with Gasteiger partial charge in [-0.05, 0) is 55.8 Å². The quantitative estimate of drug-likeness (QED) is 0.412. The summed E-state index contributed by atoms with van der Waals surface area (Å²) in [6.45, 7) is 11.2. The first-order valence-electron chi connectivity index (χ1n) is 11.2. The van der Waals surface area contributed by atoms with E-state index in [-0.39, 0.29) is 41.1 Å². The van der Waals surface area contributed by atoms with Crippen LogP contribution in [0.3, 0.4) is 0 Å². The molecule has 0 aromatic rings. The largest absolute Gasteiger partial charge is 0.412 e. The van der Waals surface area contributed by atoms with Gasteiger partial charge in [0.15, 0.2) is 8.32 Å². The van der Waals surface area contributed by atoms with Crippen LogP contribution in [0.25, 0.3) is 0 Å². The Morgan fingerprint density at radius 2 is 1.97 bits per heavy atom. The Labute approximate surface area is 173 Å². The van der Waals surface area contributed by atoms with Gasteiger partial charge in [0.25, 0.3) is 0 Å². The molecule has 0 unspecified atom stereocenters. The fourth-order valence-corrected chi connectivity index (χ4v) is 8.41. The van der Waals surface area contributed by atoms with Gasteiger partial charge in [-0.25, -0.2) is 0 Å². The normalized spacial score (nSPS) is 49.5. The minimum absolute atomic E-state index is 0.0447. The Morgan fingerprint density at radius 1 is 1.21 bits per heavy atom. The van der Waals surface area contributed by atoms with E-state index in [1.807, 2.05) is 0 Å². The molecule has 0 aromatic carbocycles. The molecular formula is C22H32N2O4Si. The Balaban J connectivity index is 1.56. The SMILES string of the molecule is CC(C)(C)[Si](C)(C)O[C@H]1CC[C@@]23NC(=O)[C@@H]([C@H]4O[C@H]42)[C@@]24CCCC2=C[C@@]13C(=O)N4. The number of hydrogen-bond acceptors (Lipinski definition) is 4. The third-order valence-electron chi connectivity index (χ3n) is 9.49. The van der Waals surface area contributed by atoms with Crippen molar-refractivity contribution in [2.24, 2.45) is 11.3 Å². The third-order valence-corrected chi connectivity index (χ3v) is 14.0. The van der Waals surface area contributed by atoms with E-state index in [1.54, 1.807) is 0 Å². The Kier molecular flexibility index (Phi) is 3.20. The average molecular weight is 417 g/mol. The van der Waals surface area contributed by atoms with Gasteiger partial charge in [-0.3, -0.25) is 9.59 Å². The van der Waals surface area contributed by atoms with Crippen LogP contribution in [0.2, 0.25) is 18.1 Å². The number of carbonyl (C=O) groups excluding carboxylic acids is 2. The Hall–Kier alpha value is -1.18. The Morgan fingerprint density at radius 3 is 2.69 bits per heavy atom. The summed E-state index contributed by atoms with van der Waals surface area (Å²) in [7, 11) is -2.11. The smallest absolute Gasteiger partial charge is 0.235 e. The molecule has 4 saturated heterocycles. The summed E-state index contributed by atoms with van der Waals surface area (Å²) in [6, 6.07) is 0. The van der Waals surface area contributed by atoms with Crippen molar-refractivity contribution in [3.05, 3.63) is 11.6 Å². The molecule has 9 rings (SSSR count). The number of piperidine rings is 1. The number of nitrogens with one attached hydrogen (secondary N) is 2. The van der Waals surface area contributed by atoms with E-state index in [4.69, 9.17) is 9.16 Å². The maximum Gasteiger partial charge on any atom is 0.235 e. The second kappa shape index (κ2) is 5.00. The molecule has 6 nitrogen and oxygen atoms in total. The number of ether oxygens (including phenoxy) is 1. The third kappa shape index (κ3) is 1.88. The van der Waals surface area contributed by atoms with Gasteiger partial charge in [0.2, 0.25) is 11.8 Å². The summed E-state index contributed by atoms with van der Waals surface area (Å²) < 4.78 is 13.2. The minimum Gasteiger partial charge on any atom is -0.412 e. The van der Waals surface area contributed by atoms with Crippen molar-refractivity contribution < 1.29 is 18.8 Å². The number of rotatable bonds is 2. The van der Waals surface area contributed by atoms with Gasteiger partial charge < -0.3 is 19.8 Å². The summed E-state index contributed by atoms with van der Waals surface area (Å²) in [5, 5.41) is 6.83. The molecular weight excluding hydrogens is 384 g/mol. The molecule has 4 bridgehead atoms. The molecule has 6 fully saturated rings. The van der Waals surface area contributed by atoms with Crippen molar-refractivity contribution in [3.63, 3.8) is 0 Å². The van der Waals surface area contributed by atoms with Gasteiger partial charge in [-0.1, -0.05) is 26.8 Å². The van der Waals surface area contributed by atoms with E-state index in [9.17, 15) is 9.59 Å². The topological polar surface area (TPSA) is 80.0 Å². The highest BCUT2D eigenvalue weighted by Crippen LogP contribution is 2.67. The van der Waals surface area contributed by atoms with Gasteiger partial charge in [0, 0.05) is 0 Å². The highest BCUT2D eigenvalue weighted by atomic mass is 28.4. The predicted octanol–water partition coefficient (Wildman–Crippen LogP) is 2.40.